The van der Waals surface area contributed by atoms with Crippen molar-refractivity contribution in [3.63, 3.8) is 0 Å². The van der Waals surface area contributed by atoms with E-state index in [2.05, 4.69) is 13.2 Å². The van der Waals surface area contributed by atoms with Crippen LogP contribution in [0, 0.1) is 0 Å². The molecule has 0 heterocycles. The normalized spacial score (nSPS) is 24.1. The van der Waals surface area contributed by atoms with Crippen molar-refractivity contribution in [3.05, 3.63) is 24.6 Å². The third kappa shape index (κ3) is 3.10. The van der Waals surface area contributed by atoms with Gasteiger partial charge in [-0.2, -0.15) is 11.8 Å². The van der Waals surface area contributed by atoms with Crippen LogP contribution in [-0.2, 0) is 0 Å². The van der Waals surface area contributed by atoms with Crippen LogP contribution in [0.4, 0.5) is 4.39 Å². The van der Waals surface area contributed by atoms with E-state index in [1.165, 1.54) is 5.57 Å². The highest BCUT2D eigenvalue weighted by Gasteiger charge is 2.17. The van der Waals surface area contributed by atoms with Gasteiger partial charge in [0.15, 0.2) is 0 Å². The largest absolute Gasteiger partial charge is 0.212 e. The second-order valence-electron chi connectivity index (χ2n) is 2.94. The molecular weight excluding hydrogens is 159 g/mol. The maximum Gasteiger partial charge on any atom is 0.103 e. The zero-order valence-corrected chi connectivity index (χ0v) is 7.42. The zero-order chi connectivity index (χ0) is 8.27. The number of hydrogen-bond donors (Lipinski definition) is 0. The molecule has 0 aromatic carbocycles. The minimum absolute atomic E-state index is 0.215. The van der Waals surface area contributed by atoms with E-state index >= 15 is 0 Å². The van der Waals surface area contributed by atoms with E-state index in [0.717, 1.165) is 19.3 Å². The van der Waals surface area contributed by atoms with Crippen molar-refractivity contribution in [1.29, 1.82) is 0 Å². The Bertz CT molecular complexity index is 174. The standard InChI is InChI=1S/C9H13FS/c1-7-3-4-9(5-7)11-6-8(2)10/h9H,1-6H2. The highest BCUT2D eigenvalue weighted by Crippen LogP contribution is 2.33. The van der Waals surface area contributed by atoms with E-state index < -0.39 is 0 Å². The van der Waals surface area contributed by atoms with Gasteiger partial charge >= 0.3 is 0 Å². The molecule has 0 aromatic heterocycles. The van der Waals surface area contributed by atoms with Crippen LogP contribution in [0.15, 0.2) is 24.6 Å². The number of hydrogen-bond acceptors (Lipinski definition) is 1. The predicted molar refractivity (Wildman–Crippen MR) is 49.5 cm³/mol. The molecule has 0 amide bonds. The monoisotopic (exact) mass is 172 g/mol. The van der Waals surface area contributed by atoms with Crippen LogP contribution in [-0.4, -0.2) is 11.0 Å². The van der Waals surface area contributed by atoms with Crippen molar-refractivity contribution < 1.29 is 4.39 Å². The minimum atomic E-state index is -0.215. The molecule has 0 aromatic rings. The van der Waals surface area contributed by atoms with Gasteiger partial charge in [0.25, 0.3) is 0 Å². The Labute approximate surface area is 71.6 Å². The summed E-state index contributed by atoms with van der Waals surface area (Å²) in [6.45, 7) is 7.13. The summed E-state index contributed by atoms with van der Waals surface area (Å²) in [7, 11) is 0. The first-order valence-electron chi connectivity index (χ1n) is 3.80. The second kappa shape index (κ2) is 3.96. The average Bonchev–Trinajstić information content (AvgIpc) is 2.31. The van der Waals surface area contributed by atoms with Gasteiger partial charge in [-0.25, -0.2) is 4.39 Å². The Morgan fingerprint density at radius 1 is 1.73 bits per heavy atom. The summed E-state index contributed by atoms with van der Waals surface area (Å²) in [5.74, 6) is 0.241. The van der Waals surface area contributed by atoms with Crippen LogP contribution in [0.3, 0.4) is 0 Å². The summed E-state index contributed by atoms with van der Waals surface area (Å²) in [6.07, 6.45) is 3.35. The highest BCUT2D eigenvalue weighted by molar-refractivity contribution is 8.00. The predicted octanol–water partition coefficient (Wildman–Crippen LogP) is 3.31. The smallest absolute Gasteiger partial charge is 0.103 e. The molecule has 1 aliphatic rings. The molecule has 62 valence electrons. The summed E-state index contributed by atoms with van der Waals surface area (Å²) in [6, 6.07) is 0. The fourth-order valence-electron chi connectivity index (χ4n) is 1.24. The van der Waals surface area contributed by atoms with Crippen LogP contribution >= 0.6 is 11.8 Å². The Morgan fingerprint density at radius 2 is 2.45 bits per heavy atom. The van der Waals surface area contributed by atoms with E-state index in [-0.39, 0.29) is 5.83 Å². The Balaban J connectivity index is 2.18. The first-order chi connectivity index (χ1) is 5.18. The van der Waals surface area contributed by atoms with Gasteiger partial charge in [-0.3, -0.25) is 0 Å². The van der Waals surface area contributed by atoms with Crippen LogP contribution in [0.1, 0.15) is 19.3 Å². The topological polar surface area (TPSA) is 0 Å². The summed E-state index contributed by atoms with van der Waals surface area (Å²) < 4.78 is 12.2. The Kier molecular flexibility index (Phi) is 3.18. The number of thioether (sulfide) groups is 1. The SMILES string of the molecule is C=C(F)CSC1CCC(=C)C1. The van der Waals surface area contributed by atoms with Gasteiger partial charge in [-0.15, -0.1) is 0 Å². The van der Waals surface area contributed by atoms with Crippen molar-refractivity contribution in [2.24, 2.45) is 0 Å². The van der Waals surface area contributed by atoms with Gasteiger partial charge < -0.3 is 0 Å². The van der Waals surface area contributed by atoms with Gasteiger partial charge in [0, 0.05) is 11.0 Å². The lowest BCUT2D eigenvalue weighted by atomic mass is 10.3. The molecule has 0 aliphatic heterocycles. The molecule has 0 nitrogen and oxygen atoms in total. The molecule has 1 fully saturated rings. The van der Waals surface area contributed by atoms with Crippen molar-refractivity contribution in [2.75, 3.05) is 5.75 Å². The number of halogens is 1. The van der Waals surface area contributed by atoms with Crippen molar-refractivity contribution in [1.82, 2.24) is 0 Å². The molecule has 11 heavy (non-hydrogen) atoms. The molecular formula is C9H13FS. The zero-order valence-electron chi connectivity index (χ0n) is 6.61. The van der Waals surface area contributed by atoms with Crippen molar-refractivity contribution in [3.8, 4) is 0 Å². The van der Waals surface area contributed by atoms with Gasteiger partial charge in [-0.1, -0.05) is 18.7 Å². The molecule has 0 radical (unpaired) electrons. The second-order valence-corrected chi connectivity index (χ2v) is 4.23. The van der Waals surface area contributed by atoms with Crippen LogP contribution in [0.5, 0.6) is 0 Å². The van der Waals surface area contributed by atoms with Crippen LogP contribution in [0.2, 0.25) is 0 Å². The van der Waals surface area contributed by atoms with Gasteiger partial charge in [0.05, 0.1) is 0 Å². The van der Waals surface area contributed by atoms with E-state index in [9.17, 15) is 4.39 Å². The average molecular weight is 172 g/mol. The lowest BCUT2D eigenvalue weighted by molar-refractivity contribution is 0.648. The molecule has 1 unspecified atom stereocenters. The molecule has 0 spiro atoms. The maximum absolute atomic E-state index is 12.2. The molecule has 1 atom stereocenters. The third-order valence-electron chi connectivity index (χ3n) is 1.81. The minimum Gasteiger partial charge on any atom is -0.212 e. The number of rotatable bonds is 3. The fourth-order valence-corrected chi connectivity index (χ4v) is 2.30. The molecule has 0 N–H and O–H groups in total. The van der Waals surface area contributed by atoms with Crippen molar-refractivity contribution >= 4 is 11.8 Å². The molecule has 1 saturated carbocycles. The van der Waals surface area contributed by atoms with E-state index in [0.29, 0.717) is 11.0 Å². The summed E-state index contributed by atoms with van der Waals surface area (Å²) in [4.78, 5) is 0. The third-order valence-corrected chi connectivity index (χ3v) is 3.17. The maximum atomic E-state index is 12.2. The number of allylic oxidation sites excluding steroid dienone is 1. The molecule has 1 rings (SSSR count). The summed E-state index contributed by atoms with van der Waals surface area (Å²) >= 11 is 1.66. The van der Waals surface area contributed by atoms with Gasteiger partial charge in [0.2, 0.25) is 0 Å². The van der Waals surface area contributed by atoms with Gasteiger partial charge in [-0.05, 0) is 19.3 Å². The molecule has 2 heteroatoms. The molecule has 0 bridgehead atoms. The first-order valence-corrected chi connectivity index (χ1v) is 4.85. The lowest BCUT2D eigenvalue weighted by Crippen LogP contribution is -1.95. The van der Waals surface area contributed by atoms with Crippen molar-refractivity contribution in [2.45, 2.75) is 24.5 Å². The fraction of sp³-hybridized carbons (Fsp3) is 0.556. The quantitative estimate of drug-likeness (QED) is 0.588. The summed E-state index contributed by atoms with van der Waals surface area (Å²) in [5.41, 5.74) is 1.31. The highest BCUT2D eigenvalue weighted by atomic mass is 32.2. The Morgan fingerprint density at radius 3 is 2.91 bits per heavy atom. The molecule has 0 saturated heterocycles. The first kappa shape index (κ1) is 8.85. The summed E-state index contributed by atoms with van der Waals surface area (Å²) in [5, 5.41) is 0.593. The van der Waals surface area contributed by atoms with Crippen LogP contribution in [0.25, 0.3) is 0 Å². The lowest BCUT2D eigenvalue weighted by Gasteiger charge is -2.05. The molecule has 1 aliphatic carbocycles. The van der Waals surface area contributed by atoms with Gasteiger partial charge in [0.1, 0.15) is 5.83 Å². The van der Waals surface area contributed by atoms with E-state index in [4.69, 9.17) is 0 Å². The van der Waals surface area contributed by atoms with Crippen LogP contribution < -0.4 is 0 Å². The Hall–Kier alpha value is -0.240. The van der Waals surface area contributed by atoms with E-state index in [1.54, 1.807) is 11.8 Å². The van der Waals surface area contributed by atoms with E-state index in [1.807, 2.05) is 0 Å².